The number of benzene rings is 1. The Balaban J connectivity index is 3.16. The van der Waals surface area contributed by atoms with Crippen molar-refractivity contribution in [2.45, 2.75) is 39.3 Å². The fourth-order valence-electron chi connectivity index (χ4n) is 2.44. The highest BCUT2D eigenvalue weighted by molar-refractivity contribution is 9.10. The predicted molar refractivity (Wildman–Crippen MR) is 84.6 cm³/mol. The molecule has 0 aromatic heterocycles. The van der Waals surface area contributed by atoms with Crippen LogP contribution in [0.15, 0.2) is 22.7 Å². The molecule has 1 rings (SSSR count). The molecule has 1 unspecified atom stereocenters. The number of halogens is 1. The Morgan fingerprint density at radius 2 is 2.05 bits per heavy atom. The number of rotatable bonds is 7. The zero-order valence-electron chi connectivity index (χ0n) is 12.3. The molecule has 0 bridgehead atoms. The van der Waals surface area contributed by atoms with Gasteiger partial charge in [-0.2, -0.15) is 0 Å². The van der Waals surface area contributed by atoms with Gasteiger partial charge in [-0.15, -0.1) is 0 Å². The van der Waals surface area contributed by atoms with Crippen molar-refractivity contribution in [2.75, 3.05) is 20.2 Å². The van der Waals surface area contributed by atoms with Crippen molar-refractivity contribution >= 4 is 15.9 Å². The van der Waals surface area contributed by atoms with E-state index in [9.17, 15) is 0 Å². The number of nitrogens with two attached hydrogens (primary N) is 1. The van der Waals surface area contributed by atoms with Gasteiger partial charge < -0.3 is 10.5 Å². The summed E-state index contributed by atoms with van der Waals surface area (Å²) in [5.74, 6) is 0.903. The van der Waals surface area contributed by atoms with Crippen LogP contribution in [0, 0.1) is 0 Å². The smallest absolute Gasteiger partial charge is 0.123 e. The molecule has 0 aliphatic carbocycles. The first-order chi connectivity index (χ1) is 9.04. The van der Waals surface area contributed by atoms with Gasteiger partial charge in [0.25, 0.3) is 0 Å². The second-order valence-corrected chi connectivity index (χ2v) is 5.89. The molecule has 0 heterocycles. The van der Waals surface area contributed by atoms with Crippen LogP contribution < -0.4 is 10.5 Å². The van der Waals surface area contributed by atoms with Crippen molar-refractivity contribution in [1.29, 1.82) is 0 Å². The highest BCUT2D eigenvalue weighted by Gasteiger charge is 2.24. The normalized spacial score (nSPS) is 13.1. The molecule has 0 saturated heterocycles. The van der Waals surface area contributed by atoms with Gasteiger partial charge >= 0.3 is 0 Å². The number of hydrogen-bond acceptors (Lipinski definition) is 3. The van der Waals surface area contributed by atoms with Crippen LogP contribution in [-0.2, 0) is 0 Å². The van der Waals surface area contributed by atoms with E-state index in [1.165, 1.54) is 0 Å². The first kappa shape index (κ1) is 16.5. The number of hydrogen-bond donors (Lipinski definition) is 1. The lowest BCUT2D eigenvalue weighted by Crippen LogP contribution is -2.39. The Kier molecular flexibility index (Phi) is 6.83. The highest BCUT2D eigenvalue weighted by atomic mass is 79.9. The van der Waals surface area contributed by atoms with E-state index in [1.807, 2.05) is 12.1 Å². The summed E-state index contributed by atoms with van der Waals surface area (Å²) in [6, 6.07) is 6.74. The van der Waals surface area contributed by atoms with Gasteiger partial charge in [0.15, 0.2) is 0 Å². The average Bonchev–Trinajstić information content (AvgIpc) is 2.38. The van der Waals surface area contributed by atoms with Gasteiger partial charge in [0.1, 0.15) is 5.75 Å². The van der Waals surface area contributed by atoms with Crippen molar-refractivity contribution in [1.82, 2.24) is 4.90 Å². The summed E-state index contributed by atoms with van der Waals surface area (Å²) in [5.41, 5.74) is 7.19. The van der Waals surface area contributed by atoms with Crippen LogP contribution in [0.2, 0.25) is 0 Å². The molecular formula is C15H25BrN2O. The molecule has 0 radical (unpaired) electrons. The van der Waals surface area contributed by atoms with Crippen molar-refractivity contribution < 1.29 is 4.74 Å². The quantitative estimate of drug-likeness (QED) is 0.831. The second-order valence-electron chi connectivity index (χ2n) is 4.97. The van der Waals surface area contributed by atoms with Crippen LogP contribution >= 0.6 is 15.9 Å². The first-order valence-corrected chi connectivity index (χ1v) is 7.63. The summed E-state index contributed by atoms with van der Waals surface area (Å²) in [5, 5.41) is 0. The molecule has 0 fully saturated rings. The van der Waals surface area contributed by atoms with Crippen LogP contribution in [-0.4, -0.2) is 31.1 Å². The zero-order valence-corrected chi connectivity index (χ0v) is 13.9. The molecule has 1 atom stereocenters. The van der Waals surface area contributed by atoms with Crippen LogP contribution in [0.25, 0.3) is 0 Å². The summed E-state index contributed by atoms with van der Waals surface area (Å²) in [6.45, 7) is 8.24. The monoisotopic (exact) mass is 328 g/mol. The average molecular weight is 329 g/mol. The predicted octanol–water partition coefficient (Wildman–Crippen LogP) is 3.58. The molecule has 19 heavy (non-hydrogen) atoms. The lowest BCUT2D eigenvalue weighted by atomic mass is 10.0. The highest BCUT2D eigenvalue weighted by Crippen LogP contribution is 2.32. The fourth-order valence-corrected chi connectivity index (χ4v) is 2.82. The molecule has 2 N–H and O–H groups in total. The standard InChI is InChI=1S/C15H25BrN2O/c1-5-8-18(11(2)3)14(10-17)13-9-12(16)6-7-15(13)19-4/h6-7,9,11,14H,5,8,10,17H2,1-4H3. The maximum Gasteiger partial charge on any atom is 0.123 e. The van der Waals surface area contributed by atoms with Gasteiger partial charge in [0.2, 0.25) is 0 Å². The van der Waals surface area contributed by atoms with Gasteiger partial charge in [-0.25, -0.2) is 0 Å². The minimum Gasteiger partial charge on any atom is -0.496 e. The second kappa shape index (κ2) is 7.88. The Morgan fingerprint density at radius 1 is 1.37 bits per heavy atom. The SMILES string of the molecule is CCCN(C(C)C)C(CN)c1cc(Br)ccc1OC. The van der Waals surface area contributed by atoms with Crippen LogP contribution in [0.1, 0.15) is 38.8 Å². The molecule has 0 aliphatic heterocycles. The minimum absolute atomic E-state index is 0.187. The van der Waals surface area contributed by atoms with Crippen molar-refractivity contribution in [3.05, 3.63) is 28.2 Å². The molecule has 4 heteroatoms. The molecular weight excluding hydrogens is 304 g/mol. The lowest BCUT2D eigenvalue weighted by Gasteiger charge is -2.35. The maximum absolute atomic E-state index is 6.03. The summed E-state index contributed by atoms with van der Waals surface area (Å²) >= 11 is 3.53. The maximum atomic E-state index is 6.03. The number of methoxy groups -OCH3 is 1. The van der Waals surface area contributed by atoms with Gasteiger partial charge in [0, 0.05) is 22.6 Å². The molecule has 0 aliphatic rings. The van der Waals surface area contributed by atoms with Gasteiger partial charge in [0.05, 0.1) is 13.2 Å². The summed E-state index contributed by atoms with van der Waals surface area (Å²) in [4.78, 5) is 2.43. The van der Waals surface area contributed by atoms with Gasteiger partial charge in [-0.3, -0.25) is 4.90 Å². The van der Waals surface area contributed by atoms with Gasteiger partial charge in [-0.1, -0.05) is 22.9 Å². The van der Waals surface area contributed by atoms with E-state index in [0.29, 0.717) is 12.6 Å². The fraction of sp³-hybridized carbons (Fsp3) is 0.600. The van der Waals surface area contributed by atoms with E-state index in [1.54, 1.807) is 7.11 Å². The minimum atomic E-state index is 0.187. The van der Waals surface area contributed by atoms with E-state index < -0.39 is 0 Å². The third-order valence-corrected chi connectivity index (χ3v) is 3.81. The number of nitrogens with zero attached hydrogens (tertiary/aromatic N) is 1. The van der Waals surface area contributed by atoms with Crippen molar-refractivity contribution in [3.63, 3.8) is 0 Å². The molecule has 0 saturated carbocycles. The van der Waals surface area contributed by atoms with Crippen molar-refractivity contribution in [3.8, 4) is 5.75 Å². The van der Waals surface area contributed by atoms with E-state index in [4.69, 9.17) is 10.5 Å². The van der Waals surface area contributed by atoms with E-state index in [-0.39, 0.29) is 6.04 Å². The third kappa shape index (κ3) is 4.20. The Hall–Kier alpha value is -0.580. The molecule has 108 valence electrons. The summed E-state index contributed by atoms with van der Waals surface area (Å²) < 4.78 is 6.55. The number of ether oxygens (including phenoxy) is 1. The topological polar surface area (TPSA) is 38.5 Å². The Bertz CT molecular complexity index is 396. The van der Waals surface area contributed by atoms with Crippen LogP contribution in [0.5, 0.6) is 5.75 Å². The van der Waals surface area contributed by atoms with Crippen LogP contribution in [0.4, 0.5) is 0 Å². The molecule has 0 amide bonds. The molecule has 1 aromatic rings. The largest absolute Gasteiger partial charge is 0.496 e. The van der Waals surface area contributed by atoms with Crippen LogP contribution in [0.3, 0.4) is 0 Å². The first-order valence-electron chi connectivity index (χ1n) is 6.84. The van der Waals surface area contributed by atoms with E-state index in [0.717, 1.165) is 28.8 Å². The van der Waals surface area contributed by atoms with Gasteiger partial charge in [-0.05, 0) is 45.0 Å². The lowest BCUT2D eigenvalue weighted by molar-refractivity contribution is 0.155. The zero-order chi connectivity index (χ0) is 14.4. The Morgan fingerprint density at radius 3 is 2.53 bits per heavy atom. The van der Waals surface area contributed by atoms with Crippen molar-refractivity contribution in [2.24, 2.45) is 5.73 Å². The van der Waals surface area contributed by atoms with E-state index in [2.05, 4.69) is 47.7 Å². The van der Waals surface area contributed by atoms with E-state index >= 15 is 0 Å². The third-order valence-electron chi connectivity index (χ3n) is 3.32. The molecule has 3 nitrogen and oxygen atoms in total. The summed E-state index contributed by atoms with van der Waals surface area (Å²) in [6.07, 6.45) is 1.12. The Labute approximate surface area is 125 Å². The molecule has 1 aromatic carbocycles. The molecule has 0 spiro atoms. The summed E-state index contributed by atoms with van der Waals surface area (Å²) in [7, 11) is 1.71.